The summed E-state index contributed by atoms with van der Waals surface area (Å²) in [5, 5.41) is 31.7. The van der Waals surface area contributed by atoms with Crippen LogP contribution in [0.15, 0.2) is 58.7 Å². The molecule has 0 saturated carbocycles. The molecule has 2 unspecified atom stereocenters. The van der Waals surface area contributed by atoms with E-state index in [2.05, 4.69) is 5.32 Å². The number of hydrogen-bond donors (Lipinski definition) is 4. The average Bonchev–Trinajstić information content (AvgIpc) is 2.35. The van der Waals surface area contributed by atoms with E-state index in [1.54, 1.807) is 24.3 Å². The third-order valence-electron chi connectivity index (χ3n) is 3.15. The first-order valence-electron chi connectivity index (χ1n) is 5.50. The van der Waals surface area contributed by atoms with Gasteiger partial charge in [0.15, 0.2) is 5.76 Å². The molecule has 3 rings (SSSR count). The van der Waals surface area contributed by atoms with Gasteiger partial charge in [-0.2, -0.15) is 0 Å². The van der Waals surface area contributed by atoms with Crippen LogP contribution in [0.5, 0.6) is 0 Å². The number of carbonyl (C=O) groups excluding carboxylic acids is 1. The van der Waals surface area contributed by atoms with Crippen LogP contribution in [0.25, 0.3) is 0 Å². The summed E-state index contributed by atoms with van der Waals surface area (Å²) in [4.78, 5) is 11.5. The highest BCUT2D eigenvalue weighted by Gasteiger charge is 2.33. The maximum Gasteiger partial charge on any atom is 0.230 e. The number of aliphatic hydroxyl groups excluding tert-OH is 3. The van der Waals surface area contributed by atoms with Crippen molar-refractivity contribution >= 4 is 5.78 Å². The Bertz CT molecular complexity index is 592. The van der Waals surface area contributed by atoms with Gasteiger partial charge in [0.25, 0.3) is 0 Å². The molecule has 3 aliphatic rings. The highest BCUT2D eigenvalue weighted by Crippen LogP contribution is 2.29. The standard InChI is InChI=1S/C13H11NO4/c15-7-1-2-9-6(3-7)4-8-10(14-9)5-11(16)13(18)12(8)17/h1-5,9,12,14-17H. The Morgan fingerprint density at radius 2 is 1.94 bits per heavy atom. The number of aliphatic hydroxyl groups is 3. The van der Waals surface area contributed by atoms with Crippen LogP contribution in [0, 0.1) is 0 Å². The van der Waals surface area contributed by atoms with Crippen LogP contribution in [0.4, 0.5) is 0 Å². The minimum Gasteiger partial charge on any atom is -0.508 e. The molecule has 0 aromatic rings. The summed E-state index contributed by atoms with van der Waals surface area (Å²) < 4.78 is 0. The second-order valence-corrected chi connectivity index (χ2v) is 4.36. The van der Waals surface area contributed by atoms with Crippen LogP contribution in [0.3, 0.4) is 0 Å². The lowest BCUT2D eigenvalue weighted by Crippen LogP contribution is -2.39. The van der Waals surface area contributed by atoms with E-state index >= 15 is 0 Å². The van der Waals surface area contributed by atoms with Crippen LogP contribution in [-0.2, 0) is 4.79 Å². The molecule has 1 aliphatic heterocycles. The first-order chi connectivity index (χ1) is 8.56. The number of Topliss-reactive ketones (excluding diaryl/α,β-unsaturated/α-hetero) is 1. The fraction of sp³-hybridized carbons (Fsp3) is 0.154. The molecule has 0 radical (unpaired) electrons. The summed E-state index contributed by atoms with van der Waals surface area (Å²) in [7, 11) is 0. The number of allylic oxidation sites excluding steroid dienone is 2. The third kappa shape index (κ3) is 1.48. The van der Waals surface area contributed by atoms with E-state index in [4.69, 9.17) is 0 Å². The minimum atomic E-state index is -1.37. The molecule has 5 nitrogen and oxygen atoms in total. The number of dihydropyridines is 1. The van der Waals surface area contributed by atoms with Gasteiger partial charge >= 0.3 is 0 Å². The van der Waals surface area contributed by atoms with E-state index in [1.165, 1.54) is 6.08 Å². The Morgan fingerprint density at radius 3 is 2.72 bits per heavy atom. The van der Waals surface area contributed by atoms with Gasteiger partial charge in [-0.05, 0) is 23.8 Å². The highest BCUT2D eigenvalue weighted by atomic mass is 16.3. The fourth-order valence-electron chi connectivity index (χ4n) is 2.23. The van der Waals surface area contributed by atoms with Gasteiger partial charge in [-0.1, -0.05) is 6.08 Å². The lowest BCUT2D eigenvalue weighted by atomic mass is 9.87. The quantitative estimate of drug-likeness (QED) is 0.500. The van der Waals surface area contributed by atoms with Gasteiger partial charge in [0.2, 0.25) is 5.78 Å². The summed E-state index contributed by atoms with van der Waals surface area (Å²) in [6.45, 7) is 0. The van der Waals surface area contributed by atoms with Crippen molar-refractivity contribution in [3.05, 3.63) is 58.7 Å². The molecular formula is C13H11NO4. The molecule has 0 fully saturated rings. The van der Waals surface area contributed by atoms with Gasteiger partial charge in [-0.3, -0.25) is 4.79 Å². The average molecular weight is 245 g/mol. The van der Waals surface area contributed by atoms with E-state index in [1.807, 2.05) is 0 Å². The predicted molar refractivity (Wildman–Crippen MR) is 63.6 cm³/mol. The van der Waals surface area contributed by atoms with Gasteiger partial charge in [0.1, 0.15) is 11.9 Å². The summed E-state index contributed by atoms with van der Waals surface area (Å²) in [5.74, 6) is -1.05. The number of nitrogens with one attached hydrogen (secondary N) is 1. The summed E-state index contributed by atoms with van der Waals surface area (Å²) in [6.07, 6.45) is 6.49. The first kappa shape index (κ1) is 10.9. The number of hydrogen-bond acceptors (Lipinski definition) is 5. The SMILES string of the molecule is O=C1C(O)=CC2=C(C=C3C=C(O)C=CC3N2)C1O. The van der Waals surface area contributed by atoms with Crippen molar-refractivity contribution in [3.8, 4) is 0 Å². The van der Waals surface area contributed by atoms with Crippen LogP contribution in [0.2, 0.25) is 0 Å². The molecule has 18 heavy (non-hydrogen) atoms. The van der Waals surface area contributed by atoms with E-state index in [-0.39, 0.29) is 11.8 Å². The molecule has 0 bridgehead atoms. The second-order valence-electron chi connectivity index (χ2n) is 4.36. The number of carbonyl (C=O) groups is 1. The van der Waals surface area contributed by atoms with Gasteiger partial charge in [0.05, 0.1) is 6.04 Å². The molecule has 5 heteroatoms. The lowest BCUT2D eigenvalue weighted by Gasteiger charge is -2.31. The van der Waals surface area contributed by atoms with Crippen molar-refractivity contribution < 1.29 is 20.1 Å². The molecule has 0 saturated heterocycles. The predicted octanol–water partition coefficient (Wildman–Crippen LogP) is 0.536. The van der Waals surface area contributed by atoms with Crippen LogP contribution >= 0.6 is 0 Å². The Labute approximate surface area is 103 Å². The maximum atomic E-state index is 11.5. The number of rotatable bonds is 0. The smallest absolute Gasteiger partial charge is 0.230 e. The Balaban J connectivity index is 2.08. The van der Waals surface area contributed by atoms with Crippen molar-refractivity contribution in [1.29, 1.82) is 0 Å². The molecular weight excluding hydrogens is 234 g/mol. The van der Waals surface area contributed by atoms with Crippen molar-refractivity contribution in [2.45, 2.75) is 12.1 Å². The molecule has 0 spiro atoms. The normalized spacial score (nSPS) is 29.8. The fourth-order valence-corrected chi connectivity index (χ4v) is 2.23. The highest BCUT2D eigenvalue weighted by molar-refractivity contribution is 6.01. The Kier molecular flexibility index (Phi) is 2.18. The summed E-state index contributed by atoms with van der Waals surface area (Å²) in [5.41, 5.74) is 1.69. The van der Waals surface area contributed by atoms with E-state index in [0.717, 1.165) is 5.57 Å². The van der Waals surface area contributed by atoms with Crippen molar-refractivity contribution in [3.63, 3.8) is 0 Å². The van der Waals surface area contributed by atoms with Gasteiger partial charge in [-0.15, -0.1) is 0 Å². The monoisotopic (exact) mass is 245 g/mol. The zero-order chi connectivity index (χ0) is 12.9. The molecule has 0 aromatic carbocycles. The third-order valence-corrected chi connectivity index (χ3v) is 3.15. The van der Waals surface area contributed by atoms with E-state index in [9.17, 15) is 20.1 Å². The summed E-state index contributed by atoms with van der Waals surface area (Å²) in [6, 6.07) is -0.135. The van der Waals surface area contributed by atoms with Crippen molar-refractivity contribution in [2.75, 3.05) is 0 Å². The lowest BCUT2D eigenvalue weighted by molar-refractivity contribution is -0.124. The van der Waals surface area contributed by atoms with Gasteiger partial charge in [-0.25, -0.2) is 0 Å². The van der Waals surface area contributed by atoms with E-state index in [0.29, 0.717) is 11.3 Å². The van der Waals surface area contributed by atoms with Crippen LogP contribution in [-0.4, -0.2) is 33.2 Å². The van der Waals surface area contributed by atoms with Gasteiger partial charge < -0.3 is 20.6 Å². The first-order valence-corrected chi connectivity index (χ1v) is 5.50. The zero-order valence-electron chi connectivity index (χ0n) is 9.29. The topological polar surface area (TPSA) is 89.8 Å². The minimum absolute atomic E-state index is 0.123. The summed E-state index contributed by atoms with van der Waals surface area (Å²) >= 11 is 0. The molecule has 1 heterocycles. The maximum absolute atomic E-state index is 11.5. The molecule has 0 aromatic heterocycles. The Hall–Kier alpha value is -2.27. The van der Waals surface area contributed by atoms with Crippen LogP contribution < -0.4 is 5.32 Å². The second kappa shape index (κ2) is 3.61. The number of fused-ring (bicyclic) bond motifs is 1. The van der Waals surface area contributed by atoms with Gasteiger partial charge in [0, 0.05) is 17.3 Å². The van der Waals surface area contributed by atoms with Crippen LogP contribution in [0.1, 0.15) is 0 Å². The molecule has 92 valence electrons. The molecule has 0 amide bonds. The number of ketones is 1. The molecule has 2 atom stereocenters. The van der Waals surface area contributed by atoms with E-state index < -0.39 is 17.6 Å². The largest absolute Gasteiger partial charge is 0.508 e. The Morgan fingerprint density at radius 1 is 1.17 bits per heavy atom. The zero-order valence-corrected chi connectivity index (χ0v) is 9.29. The van der Waals surface area contributed by atoms with Crippen molar-refractivity contribution in [2.24, 2.45) is 0 Å². The molecule has 4 N–H and O–H groups in total. The molecule has 2 aliphatic carbocycles. The van der Waals surface area contributed by atoms with Crippen molar-refractivity contribution in [1.82, 2.24) is 5.32 Å².